The first-order chi connectivity index (χ1) is 16.0. The average Bonchev–Trinajstić information content (AvgIpc) is 3.10. The van der Waals surface area contributed by atoms with Gasteiger partial charge < -0.3 is 24.6 Å². The molecule has 0 aliphatic heterocycles. The first kappa shape index (κ1) is 22.8. The lowest BCUT2D eigenvalue weighted by atomic mass is 9.90. The summed E-state index contributed by atoms with van der Waals surface area (Å²) in [5.41, 5.74) is 3.54. The zero-order valence-corrected chi connectivity index (χ0v) is 18.6. The Balaban J connectivity index is 1.60. The maximum atomic E-state index is 14.1. The maximum absolute atomic E-state index is 14.1. The number of ether oxygens (including phenoxy) is 1. The second kappa shape index (κ2) is 10.0. The van der Waals surface area contributed by atoms with Crippen LogP contribution in [0.3, 0.4) is 0 Å². The molecule has 1 aromatic heterocycles. The van der Waals surface area contributed by atoms with Crippen molar-refractivity contribution >= 4 is 22.9 Å². The van der Waals surface area contributed by atoms with Gasteiger partial charge in [0.05, 0.1) is 6.61 Å². The van der Waals surface area contributed by atoms with Crippen LogP contribution in [0.15, 0.2) is 48.5 Å². The van der Waals surface area contributed by atoms with E-state index in [4.69, 9.17) is 4.74 Å². The van der Waals surface area contributed by atoms with E-state index >= 15 is 0 Å². The predicted molar refractivity (Wildman–Crippen MR) is 123 cm³/mol. The highest BCUT2D eigenvalue weighted by Gasteiger charge is 2.31. The zero-order chi connectivity index (χ0) is 23.4. The molecular weight excluding hydrogens is 425 g/mol. The number of carbonyl (C=O) groups excluding carboxylic acids is 1. The van der Waals surface area contributed by atoms with Crippen molar-refractivity contribution in [2.45, 2.75) is 38.4 Å². The molecule has 174 valence electrons. The van der Waals surface area contributed by atoms with Crippen LogP contribution in [0, 0.1) is 5.82 Å². The number of urea groups is 1. The monoisotopic (exact) mass is 453 g/mol. The first-order valence-electron chi connectivity index (χ1n) is 11.1. The quantitative estimate of drug-likeness (QED) is 0.546. The van der Waals surface area contributed by atoms with Crippen molar-refractivity contribution in [3.63, 3.8) is 0 Å². The van der Waals surface area contributed by atoms with Crippen LogP contribution in [0.1, 0.15) is 23.2 Å². The van der Waals surface area contributed by atoms with Crippen LogP contribution in [-0.2, 0) is 35.5 Å². The molecule has 0 radical (unpaired) electrons. The third-order valence-corrected chi connectivity index (χ3v) is 6.22. The number of nitrogens with zero attached hydrogens (tertiary/aromatic N) is 2. The van der Waals surface area contributed by atoms with Gasteiger partial charge in [-0.1, -0.05) is 30.3 Å². The number of amides is 2. The summed E-state index contributed by atoms with van der Waals surface area (Å²) >= 11 is 0. The van der Waals surface area contributed by atoms with Gasteiger partial charge in [0.1, 0.15) is 12.4 Å². The van der Waals surface area contributed by atoms with Crippen molar-refractivity contribution in [2.24, 2.45) is 0 Å². The lowest BCUT2D eigenvalue weighted by Crippen LogP contribution is -2.49. The van der Waals surface area contributed by atoms with E-state index in [1.54, 1.807) is 22.6 Å². The van der Waals surface area contributed by atoms with Crippen molar-refractivity contribution in [3.05, 3.63) is 71.2 Å². The molecule has 1 heterocycles. The average molecular weight is 454 g/mol. The minimum atomic E-state index is -0.942. The number of benzene rings is 2. The Morgan fingerprint density at radius 2 is 2.03 bits per heavy atom. The molecule has 0 saturated carbocycles. The van der Waals surface area contributed by atoms with Gasteiger partial charge in [-0.05, 0) is 48.6 Å². The van der Waals surface area contributed by atoms with Crippen LogP contribution in [0.5, 0.6) is 0 Å². The Kier molecular flexibility index (Phi) is 6.93. The van der Waals surface area contributed by atoms with Crippen molar-refractivity contribution < 1.29 is 23.8 Å². The molecule has 7 nitrogen and oxygen atoms in total. The summed E-state index contributed by atoms with van der Waals surface area (Å²) in [6.45, 7) is 1.08. The lowest BCUT2D eigenvalue weighted by Gasteiger charge is -2.35. The highest BCUT2D eigenvalue weighted by molar-refractivity contribution is 5.87. The molecule has 2 N–H and O–H groups in total. The summed E-state index contributed by atoms with van der Waals surface area (Å²) in [6.07, 6.45) is 1.83. The van der Waals surface area contributed by atoms with E-state index in [1.807, 2.05) is 30.3 Å². The second-order valence-electron chi connectivity index (χ2n) is 8.29. The summed E-state index contributed by atoms with van der Waals surface area (Å²) in [5.74, 6) is -1.31. The standard InChI is InChI=1S/C25H28FN3O4/c1-33-12-11-28(25(32)27-15-17-5-3-2-4-6-17)19-8-10-23-21(14-19)20-13-18(26)7-9-22(20)29(23)16-24(30)31/h2-7,9,13,19H,8,10-12,14-16H2,1H3,(H,27,32)(H,30,31)/t19-/m0/s1. The van der Waals surface area contributed by atoms with E-state index in [1.165, 1.54) is 12.1 Å². The molecule has 2 aromatic carbocycles. The molecule has 0 saturated heterocycles. The summed E-state index contributed by atoms with van der Waals surface area (Å²) in [6, 6.07) is 13.9. The summed E-state index contributed by atoms with van der Waals surface area (Å²) in [7, 11) is 1.60. The van der Waals surface area contributed by atoms with Gasteiger partial charge in [0, 0.05) is 42.8 Å². The largest absolute Gasteiger partial charge is 0.480 e. The minimum Gasteiger partial charge on any atom is -0.480 e. The number of halogens is 1. The molecule has 0 fully saturated rings. The maximum Gasteiger partial charge on any atom is 0.323 e. The van der Waals surface area contributed by atoms with Gasteiger partial charge in [-0.2, -0.15) is 0 Å². The van der Waals surface area contributed by atoms with Crippen LogP contribution >= 0.6 is 0 Å². The van der Waals surface area contributed by atoms with Crippen molar-refractivity contribution in [3.8, 4) is 0 Å². The minimum absolute atomic E-state index is 0.101. The molecular formula is C25H28FN3O4. The Morgan fingerprint density at radius 3 is 2.76 bits per heavy atom. The number of nitrogens with one attached hydrogen (secondary N) is 1. The molecule has 0 spiro atoms. The fraction of sp³-hybridized carbons (Fsp3) is 0.360. The van der Waals surface area contributed by atoms with Gasteiger partial charge >= 0.3 is 12.0 Å². The smallest absolute Gasteiger partial charge is 0.323 e. The van der Waals surface area contributed by atoms with E-state index in [0.29, 0.717) is 49.9 Å². The summed E-state index contributed by atoms with van der Waals surface area (Å²) < 4.78 is 21.1. The molecule has 2 amide bonds. The summed E-state index contributed by atoms with van der Waals surface area (Å²) in [5, 5.41) is 13.1. The molecule has 0 bridgehead atoms. The van der Waals surface area contributed by atoms with Crippen molar-refractivity contribution in [2.75, 3.05) is 20.3 Å². The number of aromatic nitrogens is 1. The van der Waals surface area contributed by atoms with E-state index in [2.05, 4.69) is 5.32 Å². The van der Waals surface area contributed by atoms with Gasteiger partial charge in [-0.25, -0.2) is 9.18 Å². The van der Waals surface area contributed by atoms with E-state index in [-0.39, 0.29) is 24.4 Å². The summed E-state index contributed by atoms with van der Waals surface area (Å²) in [4.78, 5) is 26.4. The normalized spacial score (nSPS) is 15.3. The number of carboxylic acids is 1. The molecule has 8 heteroatoms. The Morgan fingerprint density at radius 1 is 1.24 bits per heavy atom. The molecule has 4 rings (SSSR count). The lowest BCUT2D eigenvalue weighted by molar-refractivity contribution is -0.137. The van der Waals surface area contributed by atoms with Gasteiger partial charge in [0.25, 0.3) is 0 Å². The van der Waals surface area contributed by atoms with Gasteiger partial charge in [0.2, 0.25) is 0 Å². The third-order valence-electron chi connectivity index (χ3n) is 6.22. The second-order valence-corrected chi connectivity index (χ2v) is 8.29. The van der Waals surface area contributed by atoms with Crippen molar-refractivity contribution in [1.29, 1.82) is 0 Å². The van der Waals surface area contributed by atoms with Gasteiger partial charge in [-0.15, -0.1) is 0 Å². The van der Waals surface area contributed by atoms with E-state index in [9.17, 15) is 19.1 Å². The topological polar surface area (TPSA) is 83.8 Å². The molecule has 0 unspecified atom stereocenters. The number of rotatable bonds is 8. The fourth-order valence-electron chi connectivity index (χ4n) is 4.70. The Bertz CT molecular complexity index is 1150. The third kappa shape index (κ3) is 5.01. The molecule has 3 aromatic rings. The number of hydrogen-bond acceptors (Lipinski definition) is 3. The van der Waals surface area contributed by atoms with Crippen LogP contribution in [0.2, 0.25) is 0 Å². The Labute approximate surface area is 191 Å². The number of fused-ring (bicyclic) bond motifs is 3. The number of carboxylic acid groups (broad SMARTS) is 1. The number of aliphatic carboxylic acids is 1. The van der Waals surface area contributed by atoms with Crippen LogP contribution in [0.4, 0.5) is 9.18 Å². The number of methoxy groups -OCH3 is 1. The van der Waals surface area contributed by atoms with Crippen LogP contribution < -0.4 is 5.32 Å². The molecule has 1 aliphatic rings. The predicted octanol–water partition coefficient (Wildman–Crippen LogP) is 3.58. The Hall–Kier alpha value is -3.39. The van der Waals surface area contributed by atoms with Crippen LogP contribution in [-0.4, -0.2) is 52.9 Å². The number of carbonyl (C=O) groups is 2. The van der Waals surface area contributed by atoms with Crippen molar-refractivity contribution in [1.82, 2.24) is 14.8 Å². The molecule has 1 aliphatic carbocycles. The van der Waals surface area contributed by atoms with E-state index in [0.717, 1.165) is 16.8 Å². The molecule has 1 atom stereocenters. The highest BCUT2D eigenvalue weighted by atomic mass is 19.1. The fourth-order valence-corrected chi connectivity index (χ4v) is 4.70. The van der Waals surface area contributed by atoms with Gasteiger partial charge in [-0.3, -0.25) is 4.79 Å². The van der Waals surface area contributed by atoms with Crippen LogP contribution in [0.25, 0.3) is 10.9 Å². The molecule has 33 heavy (non-hydrogen) atoms. The SMILES string of the molecule is COCCN(C(=O)NCc1ccccc1)[C@H]1CCc2c(c3cc(F)ccc3n2CC(=O)O)C1. The van der Waals surface area contributed by atoms with E-state index < -0.39 is 5.97 Å². The highest BCUT2D eigenvalue weighted by Crippen LogP contribution is 2.34. The first-order valence-corrected chi connectivity index (χ1v) is 11.1. The number of hydrogen-bond donors (Lipinski definition) is 2. The zero-order valence-electron chi connectivity index (χ0n) is 18.6. The van der Waals surface area contributed by atoms with Gasteiger partial charge in [0.15, 0.2) is 0 Å².